The molecule has 0 bridgehead atoms. The largest absolute Gasteiger partial charge is 0.382 e. The third-order valence-corrected chi connectivity index (χ3v) is 6.75. The third-order valence-electron chi connectivity index (χ3n) is 6.06. The SMILES string of the molecule is C[C@H](NC(=O)c1c(N)nc2cccnn12)c1nc2cccc(C#Cc3cncs3)c2c(=O)n1-c1ccccc1. The van der Waals surface area contributed by atoms with Crippen molar-refractivity contribution in [2.24, 2.45) is 0 Å². The molecule has 0 aliphatic heterocycles. The number of rotatable bonds is 4. The van der Waals surface area contributed by atoms with Crippen LogP contribution in [0.5, 0.6) is 0 Å². The molecule has 39 heavy (non-hydrogen) atoms. The highest BCUT2D eigenvalue weighted by atomic mass is 32.1. The van der Waals surface area contributed by atoms with E-state index in [1.165, 1.54) is 20.4 Å². The second kappa shape index (κ2) is 9.85. The molecule has 10 nitrogen and oxygen atoms in total. The molecule has 2 aromatic carbocycles. The van der Waals surface area contributed by atoms with Crippen molar-refractivity contribution in [1.82, 2.24) is 34.4 Å². The number of nitrogens with two attached hydrogens (primary N) is 1. The van der Waals surface area contributed by atoms with Crippen molar-refractivity contribution in [2.75, 3.05) is 5.73 Å². The fourth-order valence-corrected chi connectivity index (χ4v) is 4.79. The number of nitrogen functional groups attached to an aromatic ring is 1. The maximum atomic E-state index is 14.1. The molecule has 0 saturated carbocycles. The van der Waals surface area contributed by atoms with Gasteiger partial charge in [-0.15, -0.1) is 11.3 Å². The van der Waals surface area contributed by atoms with E-state index in [1.807, 2.05) is 30.3 Å². The van der Waals surface area contributed by atoms with Gasteiger partial charge in [0.1, 0.15) is 5.82 Å². The van der Waals surface area contributed by atoms with Crippen LogP contribution in [0.3, 0.4) is 0 Å². The number of carbonyl (C=O) groups excluding carboxylic acids is 1. The van der Waals surface area contributed by atoms with Gasteiger partial charge in [0.05, 0.1) is 39.2 Å². The molecule has 0 spiro atoms. The number of carbonyl (C=O) groups is 1. The van der Waals surface area contributed by atoms with Crippen LogP contribution in [0.1, 0.15) is 39.7 Å². The number of anilines is 1. The topological polar surface area (TPSA) is 133 Å². The van der Waals surface area contributed by atoms with Crippen molar-refractivity contribution in [3.05, 3.63) is 111 Å². The van der Waals surface area contributed by atoms with Crippen molar-refractivity contribution in [3.63, 3.8) is 0 Å². The Bertz CT molecular complexity index is 1970. The zero-order valence-electron chi connectivity index (χ0n) is 20.6. The average Bonchev–Trinajstić information content (AvgIpc) is 3.59. The summed E-state index contributed by atoms with van der Waals surface area (Å²) in [5, 5.41) is 7.50. The molecule has 11 heteroatoms. The van der Waals surface area contributed by atoms with Gasteiger partial charge in [0.2, 0.25) is 0 Å². The van der Waals surface area contributed by atoms with Crippen LogP contribution in [0.15, 0.2) is 83.4 Å². The summed E-state index contributed by atoms with van der Waals surface area (Å²) in [6.45, 7) is 1.76. The minimum Gasteiger partial charge on any atom is -0.382 e. The van der Waals surface area contributed by atoms with E-state index in [4.69, 9.17) is 10.7 Å². The summed E-state index contributed by atoms with van der Waals surface area (Å²) in [5.41, 5.74) is 9.63. The summed E-state index contributed by atoms with van der Waals surface area (Å²) in [5.74, 6) is 6.07. The highest BCUT2D eigenvalue weighted by Crippen LogP contribution is 2.21. The van der Waals surface area contributed by atoms with E-state index in [0.29, 0.717) is 33.6 Å². The molecule has 3 N–H and O–H groups in total. The van der Waals surface area contributed by atoms with Crippen LogP contribution in [0, 0.1) is 11.8 Å². The van der Waals surface area contributed by atoms with E-state index in [2.05, 4.69) is 32.2 Å². The number of aromatic nitrogens is 6. The quantitative estimate of drug-likeness (QED) is 0.333. The summed E-state index contributed by atoms with van der Waals surface area (Å²) in [7, 11) is 0. The molecule has 6 rings (SSSR count). The van der Waals surface area contributed by atoms with E-state index >= 15 is 0 Å². The number of thiazole rings is 1. The molecular formula is C28H20N8O2S. The van der Waals surface area contributed by atoms with Crippen LogP contribution >= 0.6 is 11.3 Å². The normalized spacial score (nSPS) is 11.7. The highest BCUT2D eigenvalue weighted by molar-refractivity contribution is 7.10. The van der Waals surface area contributed by atoms with Gasteiger partial charge in [0.15, 0.2) is 17.2 Å². The van der Waals surface area contributed by atoms with E-state index in [9.17, 15) is 9.59 Å². The second-order valence-electron chi connectivity index (χ2n) is 8.60. The van der Waals surface area contributed by atoms with Gasteiger partial charge in [-0.2, -0.15) is 5.10 Å². The Labute approximate surface area is 225 Å². The first-order valence-corrected chi connectivity index (χ1v) is 12.8. The predicted molar refractivity (Wildman–Crippen MR) is 149 cm³/mol. The van der Waals surface area contributed by atoms with E-state index in [0.717, 1.165) is 4.88 Å². The van der Waals surface area contributed by atoms with Crippen LogP contribution in [0.25, 0.3) is 22.2 Å². The molecule has 0 aliphatic carbocycles. The van der Waals surface area contributed by atoms with Crippen molar-refractivity contribution < 1.29 is 4.79 Å². The summed E-state index contributed by atoms with van der Waals surface area (Å²) in [6, 6.07) is 17.2. The lowest BCUT2D eigenvalue weighted by atomic mass is 10.1. The zero-order valence-corrected chi connectivity index (χ0v) is 21.4. The van der Waals surface area contributed by atoms with Crippen LogP contribution in [0.4, 0.5) is 5.82 Å². The number of nitrogens with zero attached hydrogens (tertiary/aromatic N) is 6. The first kappa shape index (κ1) is 24.0. The van der Waals surface area contributed by atoms with Gasteiger partial charge in [0.25, 0.3) is 11.5 Å². The van der Waals surface area contributed by atoms with E-state index in [1.54, 1.807) is 55.2 Å². The number of fused-ring (bicyclic) bond motifs is 2. The Morgan fingerprint density at radius 3 is 2.69 bits per heavy atom. The molecule has 0 saturated heterocycles. The minimum atomic E-state index is -0.685. The first-order chi connectivity index (χ1) is 19.0. The minimum absolute atomic E-state index is 0.0504. The van der Waals surface area contributed by atoms with Gasteiger partial charge >= 0.3 is 0 Å². The van der Waals surface area contributed by atoms with Gasteiger partial charge in [0, 0.05) is 11.8 Å². The Morgan fingerprint density at radius 2 is 1.90 bits per heavy atom. The molecule has 0 unspecified atom stereocenters. The lowest BCUT2D eigenvalue weighted by Gasteiger charge is -2.20. The van der Waals surface area contributed by atoms with E-state index < -0.39 is 11.9 Å². The van der Waals surface area contributed by atoms with Crippen molar-refractivity contribution >= 4 is 39.6 Å². The maximum Gasteiger partial charge on any atom is 0.274 e. The van der Waals surface area contributed by atoms with Crippen LogP contribution in [0.2, 0.25) is 0 Å². The summed E-state index contributed by atoms with van der Waals surface area (Å²) >= 11 is 1.42. The van der Waals surface area contributed by atoms with Crippen molar-refractivity contribution in [2.45, 2.75) is 13.0 Å². The number of amides is 1. The molecule has 0 radical (unpaired) electrons. The molecule has 190 valence electrons. The smallest absolute Gasteiger partial charge is 0.274 e. The number of hydrogen-bond acceptors (Lipinski definition) is 8. The Morgan fingerprint density at radius 1 is 1.05 bits per heavy atom. The Hall–Kier alpha value is -5.34. The zero-order chi connectivity index (χ0) is 26.9. The summed E-state index contributed by atoms with van der Waals surface area (Å²) < 4.78 is 2.88. The first-order valence-electron chi connectivity index (χ1n) is 11.9. The highest BCUT2D eigenvalue weighted by Gasteiger charge is 2.24. The molecule has 1 amide bonds. The molecular weight excluding hydrogens is 512 g/mol. The maximum absolute atomic E-state index is 14.1. The lowest BCUT2D eigenvalue weighted by Crippen LogP contribution is -2.34. The fourth-order valence-electron chi connectivity index (χ4n) is 4.32. The summed E-state index contributed by atoms with van der Waals surface area (Å²) in [6.07, 6.45) is 3.22. The van der Waals surface area contributed by atoms with Gasteiger partial charge in [-0.3, -0.25) is 19.1 Å². The van der Waals surface area contributed by atoms with Gasteiger partial charge in [-0.25, -0.2) is 14.5 Å². The van der Waals surface area contributed by atoms with Gasteiger partial charge in [-0.1, -0.05) is 30.2 Å². The average molecular weight is 533 g/mol. The fraction of sp³-hybridized carbons (Fsp3) is 0.0714. The molecule has 4 aromatic heterocycles. The molecule has 0 aliphatic rings. The molecule has 4 heterocycles. The number of hydrogen-bond donors (Lipinski definition) is 2. The monoisotopic (exact) mass is 532 g/mol. The molecule has 0 fully saturated rings. The van der Waals surface area contributed by atoms with Crippen LogP contribution < -0.4 is 16.6 Å². The van der Waals surface area contributed by atoms with Crippen molar-refractivity contribution in [3.8, 4) is 17.5 Å². The van der Waals surface area contributed by atoms with E-state index in [-0.39, 0.29) is 17.1 Å². The van der Waals surface area contributed by atoms with Crippen LogP contribution in [-0.4, -0.2) is 35.0 Å². The number of nitrogens with one attached hydrogen (secondary N) is 1. The van der Waals surface area contributed by atoms with Crippen molar-refractivity contribution in [1.29, 1.82) is 0 Å². The van der Waals surface area contributed by atoms with Gasteiger partial charge < -0.3 is 11.1 Å². The number of para-hydroxylation sites is 1. The second-order valence-corrected chi connectivity index (χ2v) is 9.48. The number of imidazole rings is 1. The predicted octanol–water partition coefficient (Wildman–Crippen LogP) is 3.36. The summed E-state index contributed by atoms with van der Waals surface area (Å²) in [4.78, 5) is 41.3. The lowest BCUT2D eigenvalue weighted by molar-refractivity contribution is 0.0931. The van der Waals surface area contributed by atoms with Gasteiger partial charge in [-0.05, 0) is 49.2 Å². The Kier molecular flexibility index (Phi) is 6.07. The van der Waals surface area contributed by atoms with Crippen LogP contribution in [-0.2, 0) is 0 Å². The molecule has 6 aromatic rings. The number of benzene rings is 2. The Balaban J connectivity index is 1.48. The molecule has 1 atom stereocenters. The standard InChI is InChI=1S/C28H20N8O2S/c1-17(32-27(37)24-25(29)34-22-11-6-14-31-36(22)24)26-33-21-10-5-7-18(12-13-20-15-30-16-39-20)23(21)28(38)35(26)19-8-3-2-4-9-19/h2-11,14-17H,29H2,1H3,(H,32,37)/t17-/m0/s1. The third kappa shape index (κ3) is 4.39.